The molecular formula is C22H26F2O. The molecule has 134 valence electrons. The lowest BCUT2D eigenvalue weighted by atomic mass is 9.77. The van der Waals surface area contributed by atoms with Crippen LogP contribution in [0.4, 0.5) is 8.78 Å². The summed E-state index contributed by atoms with van der Waals surface area (Å²) in [6, 6.07) is 13.1. The van der Waals surface area contributed by atoms with E-state index in [-0.39, 0.29) is 5.75 Å². The predicted octanol–water partition coefficient (Wildman–Crippen LogP) is 6.87. The van der Waals surface area contributed by atoms with Gasteiger partial charge in [-0.3, -0.25) is 0 Å². The van der Waals surface area contributed by atoms with E-state index in [1.54, 1.807) is 6.07 Å². The van der Waals surface area contributed by atoms with E-state index in [9.17, 15) is 8.78 Å². The van der Waals surface area contributed by atoms with Crippen molar-refractivity contribution in [2.75, 3.05) is 6.86 Å². The number of alkyl halides is 1. The first-order valence-electron chi connectivity index (χ1n) is 9.30. The van der Waals surface area contributed by atoms with Gasteiger partial charge in [-0.25, -0.2) is 8.78 Å². The molecule has 0 radical (unpaired) electrons. The molecule has 0 atom stereocenters. The van der Waals surface area contributed by atoms with Crippen LogP contribution in [0.25, 0.3) is 11.1 Å². The zero-order chi connectivity index (χ0) is 17.6. The summed E-state index contributed by atoms with van der Waals surface area (Å²) in [5.74, 6) is 0.980. The normalized spacial score (nSPS) is 20.4. The summed E-state index contributed by atoms with van der Waals surface area (Å²) in [4.78, 5) is 0. The second-order valence-electron chi connectivity index (χ2n) is 7.03. The molecule has 0 unspecified atom stereocenters. The molecule has 3 heteroatoms. The van der Waals surface area contributed by atoms with E-state index in [0.29, 0.717) is 5.92 Å². The van der Waals surface area contributed by atoms with E-state index in [2.05, 4.69) is 35.9 Å². The highest BCUT2D eigenvalue weighted by Gasteiger charge is 2.21. The number of hydrogen-bond acceptors (Lipinski definition) is 1. The Labute approximate surface area is 149 Å². The zero-order valence-corrected chi connectivity index (χ0v) is 14.8. The van der Waals surface area contributed by atoms with Crippen LogP contribution in [0.3, 0.4) is 0 Å². The highest BCUT2D eigenvalue weighted by atomic mass is 19.1. The zero-order valence-electron chi connectivity index (χ0n) is 14.8. The third-order valence-electron chi connectivity index (χ3n) is 5.40. The summed E-state index contributed by atoms with van der Waals surface area (Å²) in [6.45, 7) is 1.25. The maximum absolute atomic E-state index is 13.9. The second kappa shape index (κ2) is 8.46. The van der Waals surface area contributed by atoms with Crippen LogP contribution in [0, 0.1) is 11.7 Å². The van der Waals surface area contributed by atoms with E-state index in [0.717, 1.165) is 17.0 Å². The molecule has 1 aliphatic rings. The summed E-state index contributed by atoms with van der Waals surface area (Å²) >= 11 is 0. The van der Waals surface area contributed by atoms with Gasteiger partial charge in [-0.15, -0.1) is 0 Å². The number of rotatable bonds is 6. The molecule has 0 amide bonds. The van der Waals surface area contributed by atoms with Crippen molar-refractivity contribution in [3.05, 3.63) is 53.8 Å². The number of ether oxygens (including phenoxy) is 1. The van der Waals surface area contributed by atoms with Crippen molar-refractivity contribution in [3.8, 4) is 16.9 Å². The third kappa shape index (κ3) is 4.39. The van der Waals surface area contributed by atoms with Crippen LogP contribution < -0.4 is 4.74 Å². The van der Waals surface area contributed by atoms with Crippen LogP contribution in [0.2, 0.25) is 0 Å². The third-order valence-corrected chi connectivity index (χ3v) is 5.40. The Hall–Kier alpha value is -1.90. The van der Waals surface area contributed by atoms with E-state index in [4.69, 9.17) is 0 Å². The first-order chi connectivity index (χ1) is 12.2. The van der Waals surface area contributed by atoms with Crippen molar-refractivity contribution in [2.45, 2.75) is 51.4 Å². The fraction of sp³-hybridized carbons (Fsp3) is 0.455. The smallest absolute Gasteiger partial charge is 0.228 e. The summed E-state index contributed by atoms with van der Waals surface area (Å²) in [5.41, 5.74) is 3.13. The fourth-order valence-corrected chi connectivity index (χ4v) is 4.00. The van der Waals surface area contributed by atoms with Crippen LogP contribution in [-0.2, 0) is 0 Å². The van der Waals surface area contributed by atoms with Crippen LogP contribution in [0.5, 0.6) is 5.75 Å². The molecule has 3 rings (SSSR count). The van der Waals surface area contributed by atoms with E-state index in [1.807, 2.05) is 0 Å². The molecule has 1 nitrogen and oxygen atoms in total. The lowest BCUT2D eigenvalue weighted by molar-refractivity contribution is 0.184. The minimum Gasteiger partial charge on any atom is -0.460 e. The Morgan fingerprint density at radius 2 is 1.64 bits per heavy atom. The molecule has 1 fully saturated rings. The van der Waals surface area contributed by atoms with E-state index in [1.165, 1.54) is 56.2 Å². The summed E-state index contributed by atoms with van der Waals surface area (Å²) < 4.78 is 30.7. The average Bonchev–Trinajstić information content (AvgIpc) is 2.65. The van der Waals surface area contributed by atoms with Crippen LogP contribution in [-0.4, -0.2) is 6.86 Å². The molecular weight excluding hydrogens is 318 g/mol. The van der Waals surface area contributed by atoms with E-state index >= 15 is 0 Å². The Morgan fingerprint density at radius 3 is 2.24 bits per heavy atom. The van der Waals surface area contributed by atoms with Gasteiger partial charge in [0.2, 0.25) is 6.86 Å². The van der Waals surface area contributed by atoms with Gasteiger partial charge in [0.1, 0.15) is 0 Å². The largest absolute Gasteiger partial charge is 0.460 e. The van der Waals surface area contributed by atoms with Crippen molar-refractivity contribution >= 4 is 0 Å². The Morgan fingerprint density at radius 1 is 0.960 bits per heavy atom. The van der Waals surface area contributed by atoms with Gasteiger partial charge in [-0.05, 0) is 66.3 Å². The van der Waals surface area contributed by atoms with Gasteiger partial charge in [0.05, 0.1) is 0 Å². The Bertz CT molecular complexity index is 673. The molecule has 2 aromatic carbocycles. The van der Waals surface area contributed by atoms with E-state index < -0.39 is 12.7 Å². The maximum atomic E-state index is 13.9. The fourth-order valence-electron chi connectivity index (χ4n) is 4.00. The van der Waals surface area contributed by atoms with Gasteiger partial charge in [0.25, 0.3) is 0 Å². The van der Waals surface area contributed by atoms with Crippen molar-refractivity contribution in [1.82, 2.24) is 0 Å². The van der Waals surface area contributed by atoms with Crippen molar-refractivity contribution in [1.29, 1.82) is 0 Å². The Kier molecular flexibility index (Phi) is 6.06. The van der Waals surface area contributed by atoms with Gasteiger partial charge < -0.3 is 4.74 Å². The maximum Gasteiger partial charge on any atom is 0.228 e. The van der Waals surface area contributed by atoms with Crippen molar-refractivity contribution in [2.24, 2.45) is 5.92 Å². The van der Waals surface area contributed by atoms with Gasteiger partial charge in [0, 0.05) is 0 Å². The van der Waals surface area contributed by atoms with Gasteiger partial charge in [-0.2, -0.15) is 0 Å². The van der Waals surface area contributed by atoms with Crippen molar-refractivity contribution in [3.63, 3.8) is 0 Å². The lowest BCUT2D eigenvalue weighted by Gasteiger charge is -2.28. The predicted molar refractivity (Wildman–Crippen MR) is 98.0 cm³/mol. The highest BCUT2D eigenvalue weighted by molar-refractivity contribution is 5.64. The summed E-state index contributed by atoms with van der Waals surface area (Å²) in [6.07, 6.45) is 7.86. The first kappa shape index (κ1) is 17.9. The van der Waals surface area contributed by atoms with Crippen LogP contribution in [0.1, 0.15) is 56.9 Å². The monoisotopic (exact) mass is 344 g/mol. The Balaban J connectivity index is 1.67. The van der Waals surface area contributed by atoms with Gasteiger partial charge in [-0.1, -0.05) is 50.1 Å². The molecule has 2 aromatic rings. The first-order valence-corrected chi connectivity index (χ1v) is 9.30. The number of hydrogen-bond donors (Lipinski definition) is 0. The molecule has 0 heterocycles. The molecule has 1 aliphatic carbocycles. The topological polar surface area (TPSA) is 9.23 Å². The second-order valence-corrected chi connectivity index (χ2v) is 7.03. The molecule has 0 spiro atoms. The number of benzene rings is 2. The minimum absolute atomic E-state index is 0.0493. The molecule has 25 heavy (non-hydrogen) atoms. The SMILES string of the molecule is CCCC1CCC(c2ccc(-c3ccc(OCF)c(F)c3)cc2)CC1. The average molecular weight is 344 g/mol. The molecule has 0 aromatic heterocycles. The van der Waals surface area contributed by atoms with Crippen molar-refractivity contribution < 1.29 is 13.5 Å². The van der Waals surface area contributed by atoms with Crippen LogP contribution in [0.15, 0.2) is 42.5 Å². The van der Waals surface area contributed by atoms with Gasteiger partial charge in [0.15, 0.2) is 11.6 Å². The molecule has 0 aliphatic heterocycles. The molecule has 1 saturated carbocycles. The standard InChI is InChI=1S/C22H26F2O/c1-2-3-16-4-6-17(7-5-16)18-8-10-19(11-9-18)20-12-13-22(25-15-23)21(24)14-20/h8-14,16-17H,2-7,15H2,1H3. The van der Waals surface area contributed by atoms with Gasteiger partial charge >= 0.3 is 0 Å². The molecule has 0 N–H and O–H groups in total. The summed E-state index contributed by atoms with van der Waals surface area (Å²) in [5, 5.41) is 0. The highest BCUT2D eigenvalue weighted by Crippen LogP contribution is 2.38. The minimum atomic E-state index is -1.02. The number of halogens is 2. The summed E-state index contributed by atoms with van der Waals surface area (Å²) in [7, 11) is 0. The van der Waals surface area contributed by atoms with Crippen LogP contribution >= 0.6 is 0 Å². The molecule has 0 bridgehead atoms. The lowest BCUT2D eigenvalue weighted by Crippen LogP contribution is -2.13. The molecule has 0 saturated heterocycles. The quantitative estimate of drug-likeness (QED) is 0.555.